The summed E-state index contributed by atoms with van der Waals surface area (Å²) in [6.07, 6.45) is 2.99. The van der Waals surface area contributed by atoms with Gasteiger partial charge in [0.2, 0.25) is 0 Å². The van der Waals surface area contributed by atoms with E-state index in [1.165, 1.54) is 5.56 Å². The SMILES string of the molecule is C=CC(C)(CNC(C)C)Cc1cccc(Cl)c1. The lowest BCUT2D eigenvalue weighted by molar-refractivity contribution is 0.373. The number of benzene rings is 1. The van der Waals surface area contributed by atoms with Crippen molar-refractivity contribution in [2.75, 3.05) is 6.54 Å². The van der Waals surface area contributed by atoms with E-state index in [-0.39, 0.29) is 5.41 Å². The lowest BCUT2D eigenvalue weighted by atomic mass is 9.83. The predicted octanol–water partition coefficient (Wildman–Crippen LogP) is 4.07. The van der Waals surface area contributed by atoms with Crippen LogP contribution in [0.3, 0.4) is 0 Å². The molecule has 0 spiro atoms. The van der Waals surface area contributed by atoms with Gasteiger partial charge in [-0.25, -0.2) is 0 Å². The summed E-state index contributed by atoms with van der Waals surface area (Å²) in [7, 11) is 0. The monoisotopic (exact) mass is 251 g/mol. The van der Waals surface area contributed by atoms with Gasteiger partial charge in [0.15, 0.2) is 0 Å². The molecule has 0 heterocycles. The molecule has 1 atom stereocenters. The number of halogens is 1. The van der Waals surface area contributed by atoms with Crippen LogP contribution in [0.25, 0.3) is 0 Å². The summed E-state index contributed by atoms with van der Waals surface area (Å²) in [4.78, 5) is 0. The van der Waals surface area contributed by atoms with E-state index in [0.717, 1.165) is 18.0 Å². The molecule has 0 aliphatic heterocycles. The molecule has 0 fully saturated rings. The fourth-order valence-electron chi connectivity index (χ4n) is 1.76. The molecule has 0 aliphatic carbocycles. The van der Waals surface area contributed by atoms with Crippen molar-refractivity contribution in [1.82, 2.24) is 5.32 Å². The summed E-state index contributed by atoms with van der Waals surface area (Å²) in [6, 6.07) is 8.54. The summed E-state index contributed by atoms with van der Waals surface area (Å²) < 4.78 is 0. The topological polar surface area (TPSA) is 12.0 Å². The van der Waals surface area contributed by atoms with Crippen molar-refractivity contribution < 1.29 is 0 Å². The van der Waals surface area contributed by atoms with Crippen molar-refractivity contribution in [3.05, 3.63) is 47.5 Å². The van der Waals surface area contributed by atoms with Gasteiger partial charge in [-0.3, -0.25) is 0 Å². The molecular weight excluding hydrogens is 230 g/mol. The number of hydrogen-bond donors (Lipinski definition) is 1. The van der Waals surface area contributed by atoms with Gasteiger partial charge in [0.05, 0.1) is 0 Å². The molecule has 1 rings (SSSR count). The van der Waals surface area contributed by atoms with Crippen LogP contribution >= 0.6 is 11.6 Å². The molecule has 0 saturated heterocycles. The Balaban J connectivity index is 2.71. The van der Waals surface area contributed by atoms with Gasteiger partial charge in [-0.1, -0.05) is 50.6 Å². The highest BCUT2D eigenvalue weighted by molar-refractivity contribution is 6.30. The Morgan fingerprint density at radius 2 is 2.18 bits per heavy atom. The zero-order valence-electron chi connectivity index (χ0n) is 11.0. The minimum atomic E-state index is 0.0644. The molecule has 0 amide bonds. The molecule has 2 heteroatoms. The predicted molar refractivity (Wildman–Crippen MR) is 76.6 cm³/mol. The van der Waals surface area contributed by atoms with Gasteiger partial charge >= 0.3 is 0 Å². The first-order valence-corrected chi connectivity index (χ1v) is 6.44. The first-order chi connectivity index (χ1) is 7.95. The Bertz CT molecular complexity index is 373. The van der Waals surface area contributed by atoms with Gasteiger partial charge in [0.1, 0.15) is 0 Å². The third-order valence-corrected chi connectivity index (χ3v) is 3.14. The maximum absolute atomic E-state index is 6.00. The van der Waals surface area contributed by atoms with Gasteiger partial charge in [-0.15, -0.1) is 6.58 Å². The van der Waals surface area contributed by atoms with E-state index in [9.17, 15) is 0 Å². The summed E-state index contributed by atoms with van der Waals surface area (Å²) in [5, 5.41) is 4.26. The van der Waals surface area contributed by atoms with Crippen LogP contribution in [0, 0.1) is 5.41 Å². The van der Waals surface area contributed by atoms with Crippen LogP contribution in [0.4, 0.5) is 0 Å². The number of hydrogen-bond acceptors (Lipinski definition) is 1. The first kappa shape index (κ1) is 14.3. The molecule has 0 aliphatic rings. The average molecular weight is 252 g/mol. The molecule has 1 N–H and O–H groups in total. The van der Waals surface area contributed by atoms with Crippen LogP contribution in [0.5, 0.6) is 0 Å². The molecule has 0 bridgehead atoms. The van der Waals surface area contributed by atoms with Gasteiger partial charge in [0, 0.05) is 23.0 Å². The van der Waals surface area contributed by atoms with E-state index in [4.69, 9.17) is 11.6 Å². The standard InChI is InChI=1S/C15H22ClN/c1-5-15(4,11-17-12(2)3)10-13-7-6-8-14(16)9-13/h5-9,12,17H,1,10-11H2,2-4H3. The summed E-state index contributed by atoms with van der Waals surface area (Å²) >= 11 is 6.00. The Morgan fingerprint density at radius 1 is 1.47 bits per heavy atom. The summed E-state index contributed by atoms with van der Waals surface area (Å²) in [6.45, 7) is 11.4. The van der Waals surface area contributed by atoms with Crippen LogP contribution < -0.4 is 5.32 Å². The van der Waals surface area contributed by atoms with E-state index in [1.54, 1.807) is 0 Å². The van der Waals surface area contributed by atoms with Crippen LogP contribution in [-0.2, 0) is 6.42 Å². The van der Waals surface area contributed by atoms with E-state index >= 15 is 0 Å². The largest absolute Gasteiger partial charge is 0.314 e. The highest BCUT2D eigenvalue weighted by atomic mass is 35.5. The van der Waals surface area contributed by atoms with Crippen LogP contribution in [-0.4, -0.2) is 12.6 Å². The van der Waals surface area contributed by atoms with Crippen molar-refractivity contribution in [2.45, 2.75) is 33.2 Å². The van der Waals surface area contributed by atoms with Gasteiger partial charge in [-0.05, 0) is 24.1 Å². The molecule has 1 unspecified atom stereocenters. The highest BCUT2D eigenvalue weighted by Gasteiger charge is 2.20. The molecule has 1 aromatic rings. The Hall–Kier alpha value is -0.790. The summed E-state index contributed by atoms with van der Waals surface area (Å²) in [5.74, 6) is 0. The normalized spacial score (nSPS) is 14.6. The molecular formula is C15H22ClN. The fraction of sp³-hybridized carbons (Fsp3) is 0.467. The van der Waals surface area contributed by atoms with Gasteiger partial charge < -0.3 is 5.32 Å². The smallest absolute Gasteiger partial charge is 0.0408 e. The average Bonchev–Trinajstić information content (AvgIpc) is 2.26. The lowest BCUT2D eigenvalue weighted by Gasteiger charge is -2.27. The first-order valence-electron chi connectivity index (χ1n) is 6.06. The molecule has 0 aromatic heterocycles. The zero-order chi connectivity index (χ0) is 12.9. The van der Waals surface area contributed by atoms with Crippen molar-refractivity contribution >= 4 is 11.6 Å². The number of nitrogens with one attached hydrogen (secondary N) is 1. The maximum atomic E-state index is 6.00. The molecule has 1 aromatic carbocycles. The second-order valence-corrected chi connectivity index (χ2v) is 5.64. The van der Waals surface area contributed by atoms with Crippen molar-refractivity contribution in [2.24, 2.45) is 5.41 Å². The van der Waals surface area contributed by atoms with E-state index < -0.39 is 0 Å². The van der Waals surface area contributed by atoms with E-state index in [2.05, 4.69) is 38.7 Å². The van der Waals surface area contributed by atoms with Gasteiger partial charge in [-0.2, -0.15) is 0 Å². The van der Waals surface area contributed by atoms with E-state index in [1.807, 2.05) is 24.3 Å². The van der Waals surface area contributed by atoms with Crippen molar-refractivity contribution in [3.63, 3.8) is 0 Å². The third kappa shape index (κ3) is 4.93. The Labute approximate surface area is 110 Å². The second kappa shape index (κ2) is 6.23. The molecule has 17 heavy (non-hydrogen) atoms. The molecule has 0 saturated carbocycles. The van der Waals surface area contributed by atoms with Crippen LogP contribution in [0.1, 0.15) is 26.3 Å². The molecule has 0 radical (unpaired) electrons. The van der Waals surface area contributed by atoms with E-state index in [0.29, 0.717) is 6.04 Å². The zero-order valence-corrected chi connectivity index (χ0v) is 11.7. The van der Waals surface area contributed by atoms with Crippen LogP contribution in [0.15, 0.2) is 36.9 Å². The third-order valence-electron chi connectivity index (χ3n) is 2.90. The number of rotatable bonds is 6. The quantitative estimate of drug-likeness (QED) is 0.752. The Kier molecular flexibility index (Phi) is 5.23. The maximum Gasteiger partial charge on any atom is 0.0408 e. The molecule has 94 valence electrons. The molecule has 1 nitrogen and oxygen atoms in total. The summed E-state index contributed by atoms with van der Waals surface area (Å²) in [5.41, 5.74) is 1.32. The highest BCUT2D eigenvalue weighted by Crippen LogP contribution is 2.24. The second-order valence-electron chi connectivity index (χ2n) is 5.20. The lowest BCUT2D eigenvalue weighted by Crippen LogP contribution is -2.35. The van der Waals surface area contributed by atoms with Crippen molar-refractivity contribution in [1.29, 1.82) is 0 Å². The van der Waals surface area contributed by atoms with Crippen LogP contribution in [0.2, 0.25) is 5.02 Å². The fourth-order valence-corrected chi connectivity index (χ4v) is 1.97. The minimum absolute atomic E-state index is 0.0644. The van der Waals surface area contributed by atoms with Crippen molar-refractivity contribution in [3.8, 4) is 0 Å². The minimum Gasteiger partial charge on any atom is -0.314 e. The van der Waals surface area contributed by atoms with Gasteiger partial charge in [0.25, 0.3) is 0 Å². The Morgan fingerprint density at radius 3 is 2.71 bits per heavy atom.